The highest BCUT2D eigenvalue weighted by Gasteiger charge is 2.81. The molecule has 1 amide bonds. The van der Waals surface area contributed by atoms with Crippen molar-refractivity contribution in [3.05, 3.63) is 23.3 Å². The van der Waals surface area contributed by atoms with Gasteiger partial charge in [0, 0.05) is 39.7 Å². The standard InChI is InChI=1S/C42H61NO15/c1-21(2)22(3)17-33(49)58-32-19-31-38(9)13-12-29(18-28(38)11-14-41(31,51)42(52)16-15-40(50,23(4)44)39(32,42)10)56-37-34(43-24(5)45)36(55-27(8)48)35(54-26(7)47)30(57-37)20-53-25(6)46/h11,17,21,29-32,34-37,50-52H,12-16,18-20H2,1-10H3,(H,43,45)/b22-17+/t29-,30+,31+,32+,34+,35+,36+,37+,38-,39+,40+,41-,42+/m0/s1. The number of rotatable bonds is 11. The van der Waals surface area contributed by atoms with Crippen LogP contribution in [0, 0.1) is 22.7 Å². The molecule has 13 atom stereocenters. The number of esters is 4. The van der Waals surface area contributed by atoms with Crippen molar-refractivity contribution in [2.45, 2.75) is 174 Å². The number of ketones is 1. The molecule has 0 aromatic rings. The molecule has 324 valence electrons. The molecule has 16 heteroatoms. The van der Waals surface area contributed by atoms with E-state index in [1.165, 1.54) is 26.8 Å². The molecule has 5 rings (SSSR count). The van der Waals surface area contributed by atoms with Gasteiger partial charge in [-0.1, -0.05) is 38.0 Å². The number of allylic oxidation sites excluding steroid dienone is 1. The first-order valence-electron chi connectivity index (χ1n) is 20.2. The predicted molar refractivity (Wildman–Crippen MR) is 203 cm³/mol. The Kier molecular flexibility index (Phi) is 12.8. The van der Waals surface area contributed by atoms with E-state index in [1.54, 1.807) is 13.8 Å². The average Bonchev–Trinajstić information content (AvgIpc) is 3.34. The maximum absolute atomic E-state index is 13.5. The van der Waals surface area contributed by atoms with Crippen molar-refractivity contribution < 1.29 is 72.5 Å². The minimum atomic E-state index is -2.09. The van der Waals surface area contributed by atoms with Gasteiger partial charge in [-0.25, -0.2) is 4.79 Å². The molecule has 4 aliphatic carbocycles. The molecule has 58 heavy (non-hydrogen) atoms. The normalized spacial score (nSPS) is 40.9. The fourth-order valence-corrected chi connectivity index (χ4v) is 10.6. The smallest absolute Gasteiger partial charge is 0.330 e. The Balaban J connectivity index is 1.49. The minimum absolute atomic E-state index is 0.0279. The van der Waals surface area contributed by atoms with Gasteiger partial charge in [-0.3, -0.25) is 24.0 Å². The van der Waals surface area contributed by atoms with E-state index >= 15 is 0 Å². The first kappa shape index (κ1) is 45.4. The van der Waals surface area contributed by atoms with Crippen LogP contribution >= 0.6 is 0 Å². The highest BCUT2D eigenvalue weighted by molar-refractivity contribution is 5.87. The molecule has 4 fully saturated rings. The van der Waals surface area contributed by atoms with Crippen LogP contribution in [-0.4, -0.2) is 117 Å². The van der Waals surface area contributed by atoms with Crippen molar-refractivity contribution in [2.24, 2.45) is 22.7 Å². The summed E-state index contributed by atoms with van der Waals surface area (Å²) in [6.45, 7) is 14.8. The molecule has 0 unspecified atom stereocenters. The van der Waals surface area contributed by atoms with Gasteiger partial charge in [0.1, 0.15) is 41.7 Å². The van der Waals surface area contributed by atoms with E-state index in [4.69, 9.17) is 28.4 Å². The summed E-state index contributed by atoms with van der Waals surface area (Å²) < 4.78 is 35.4. The maximum atomic E-state index is 13.5. The van der Waals surface area contributed by atoms with Crippen LogP contribution in [0.1, 0.15) is 114 Å². The molecular formula is C42H61NO15. The lowest BCUT2D eigenvalue weighted by Crippen LogP contribution is -2.78. The predicted octanol–water partition coefficient (Wildman–Crippen LogP) is 2.66. The Morgan fingerprint density at radius 2 is 1.53 bits per heavy atom. The number of fused-ring (bicyclic) bond motifs is 5. The number of aliphatic hydroxyl groups is 3. The summed E-state index contributed by atoms with van der Waals surface area (Å²) in [6.07, 6.45) is -2.61. The summed E-state index contributed by atoms with van der Waals surface area (Å²) in [4.78, 5) is 75.6. The highest BCUT2D eigenvalue weighted by atomic mass is 16.7. The third-order valence-corrected chi connectivity index (χ3v) is 14.0. The number of nitrogens with one attached hydrogen (secondary N) is 1. The monoisotopic (exact) mass is 819 g/mol. The van der Waals surface area contributed by atoms with Crippen LogP contribution < -0.4 is 5.32 Å². The van der Waals surface area contributed by atoms with Crippen molar-refractivity contribution in [1.82, 2.24) is 5.32 Å². The number of carbonyl (C=O) groups is 6. The van der Waals surface area contributed by atoms with E-state index in [2.05, 4.69) is 5.32 Å². The van der Waals surface area contributed by atoms with E-state index in [0.29, 0.717) is 19.3 Å². The highest BCUT2D eigenvalue weighted by Crippen LogP contribution is 2.71. The molecule has 3 saturated carbocycles. The number of carbonyl (C=O) groups excluding carboxylic acids is 6. The molecule has 0 bridgehead atoms. The van der Waals surface area contributed by atoms with Crippen molar-refractivity contribution in [3.63, 3.8) is 0 Å². The Bertz CT molecular complexity index is 1740. The summed E-state index contributed by atoms with van der Waals surface area (Å²) in [7, 11) is 0. The molecule has 0 aromatic heterocycles. The zero-order valence-corrected chi connectivity index (χ0v) is 35.2. The largest absolute Gasteiger partial charge is 0.463 e. The van der Waals surface area contributed by atoms with Gasteiger partial charge in [0.25, 0.3) is 0 Å². The van der Waals surface area contributed by atoms with Gasteiger partial charge in [-0.15, -0.1) is 0 Å². The zero-order valence-electron chi connectivity index (χ0n) is 35.2. The third kappa shape index (κ3) is 7.75. The molecule has 0 spiro atoms. The number of hydrogen-bond acceptors (Lipinski definition) is 15. The van der Waals surface area contributed by atoms with Gasteiger partial charge in [-0.05, 0) is 77.0 Å². The summed E-state index contributed by atoms with van der Waals surface area (Å²) in [5.41, 5.74) is -6.82. The Morgan fingerprint density at radius 1 is 0.897 bits per heavy atom. The average molecular weight is 820 g/mol. The lowest BCUT2D eigenvalue weighted by molar-refractivity contribution is -0.316. The lowest BCUT2D eigenvalue weighted by atomic mass is 9.42. The SMILES string of the molecule is CC(=O)N[C@H]1[C@H](O[C@H]2CC[C@@]3(C)C(=CC[C@]4(O)[C@@H]3C[C@@H](OC(=O)/C=C(\C)C(C)C)[C@@]3(C)[C@]4(O)CC[C@@]3(O)C(C)=O)C2)O[C@H](COC(C)=O)[C@@H](OC(C)=O)[C@@H]1OC(C)=O. The second-order valence-electron chi connectivity index (χ2n) is 17.7. The molecule has 0 aromatic carbocycles. The Hall–Kier alpha value is -3.70. The Morgan fingerprint density at radius 3 is 2.10 bits per heavy atom. The molecule has 4 N–H and O–H groups in total. The molecule has 5 aliphatic rings. The molecule has 1 saturated heterocycles. The lowest BCUT2D eigenvalue weighted by Gasteiger charge is -2.67. The van der Waals surface area contributed by atoms with Gasteiger partial charge in [0.2, 0.25) is 5.91 Å². The topological polar surface area (TPSA) is 231 Å². The molecule has 0 radical (unpaired) electrons. The zero-order chi connectivity index (χ0) is 43.3. The summed E-state index contributed by atoms with van der Waals surface area (Å²) in [6, 6.07) is -1.16. The molecule has 16 nitrogen and oxygen atoms in total. The molecule has 1 aliphatic heterocycles. The van der Waals surface area contributed by atoms with Crippen molar-refractivity contribution in [2.75, 3.05) is 6.61 Å². The van der Waals surface area contributed by atoms with Crippen LogP contribution in [0.15, 0.2) is 23.3 Å². The fraction of sp³-hybridized carbons (Fsp3) is 0.762. The second kappa shape index (κ2) is 16.4. The number of hydrogen-bond donors (Lipinski definition) is 4. The maximum Gasteiger partial charge on any atom is 0.330 e. The van der Waals surface area contributed by atoms with Crippen LogP contribution in [0.2, 0.25) is 0 Å². The first-order valence-corrected chi connectivity index (χ1v) is 20.2. The second-order valence-corrected chi connectivity index (χ2v) is 17.7. The minimum Gasteiger partial charge on any atom is -0.463 e. The van der Waals surface area contributed by atoms with Crippen molar-refractivity contribution in [3.8, 4) is 0 Å². The van der Waals surface area contributed by atoms with Crippen LogP contribution in [0.3, 0.4) is 0 Å². The van der Waals surface area contributed by atoms with Crippen molar-refractivity contribution >= 4 is 35.6 Å². The van der Waals surface area contributed by atoms with Gasteiger partial charge in [-0.2, -0.15) is 0 Å². The third-order valence-electron chi connectivity index (χ3n) is 14.0. The summed E-state index contributed by atoms with van der Waals surface area (Å²) >= 11 is 0. The fourth-order valence-electron chi connectivity index (χ4n) is 10.6. The van der Waals surface area contributed by atoms with Crippen LogP contribution in [-0.2, 0) is 57.2 Å². The van der Waals surface area contributed by atoms with E-state index in [9.17, 15) is 44.1 Å². The van der Waals surface area contributed by atoms with E-state index in [1.807, 2.05) is 26.8 Å². The molecule has 1 heterocycles. The Labute approximate surface area is 339 Å². The van der Waals surface area contributed by atoms with Crippen LogP contribution in [0.4, 0.5) is 0 Å². The van der Waals surface area contributed by atoms with E-state index in [-0.39, 0.29) is 38.2 Å². The first-order chi connectivity index (χ1) is 26.8. The number of amides is 1. The van der Waals surface area contributed by atoms with E-state index < -0.39 is 112 Å². The van der Waals surface area contributed by atoms with Gasteiger partial charge in [0.05, 0.1) is 11.5 Å². The van der Waals surface area contributed by atoms with Gasteiger partial charge >= 0.3 is 23.9 Å². The van der Waals surface area contributed by atoms with Gasteiger partial charge < -0.3 is 49.1 Å². The summed E-state index contributed by atoms with van der Waals surface area (Å²) in [5, 5.41) is 40.4. The number of ether oxygens (including phenoxy) is 6. The molecular weight excluding hydrogens is 758 g/mol. The van der Waals surface area contributed by atoms with Gasteiger partial charge in [0.15, 0.2) is 24.3 Å². The van der Waals surface area contributed by atoms with E-state index in [0.717, 1.165) is 25.0 Å². The van der Waals surface area contributed by atoms with Crippen molar-refractivity contribution in [1.29, 1.82) is 0 Å². The summed E-state index contributed by atoms with van der Waals surface area (Å²) in [5.74, 6) is -4.52. The van der Waals surface area contributed by atoms with Crippen LogP contribution in [0.5, 0.6) is 0 Å². The number of Topliss-reactive ketones (excluding diaryl/α,β-unsaturated/α-hetero) is 1. The quantitative estimate of drug-likeness (QED) is 0.102. The van der Waals surface area contributed by atoms with Crippen LogP contribution in [0.25, 0.3) is 0 Å².